The van der Waals surface area contributed by atoms with E-state index in [1.165, 1.54) is 30.3 Å². The predicted octanol–water partition coefficient (Wildman–Crippen LogP) is 5.94. The normalized spacial score (nSPS) is 11.7. The highest BCUT2D eigenvalue weighted by molar-refractivity contribution is 5.83. The first kappa shape index (κ1) is 29.2. The molecule has 3 aromatic carbocycles. The fraction of sp³-hybridized carbons (Fsp3) is 0.156. The first-order chi connectivity index (χ1) is 19.7. The molecule has 0 amide bonds. The summed E-state index contributed by atoms with van der Waals surface area (Å²) >= 11 is 0. The molecular weight excluding hydrogens is 531 g/mol. The zero-order chi connectivity index (χ0) is 29.5. The Hall–Kier alpha value is -4.76. The van der Waals surface area contributed by atoms with Crippen LogP contribution in [0.2, 0.25) is 0 Å². The number of ether oxygens (including phenoxy) is 1. The van der Waals surface area contributed by atoms with Crippen LogP contribution in [0.25, 0.3) is 11.3 Å². The van der Waals surface area contributed by atoms with E-state index in [1.807, 2.05) is 30.3 Å². The van der Waals surface area contributed by atoms with Gasteiger partial charge in [0.15, 0.2) is 11.6 Å². The second kappa shape index (κ2) is 13.1. The van der Waals surface area contributed by atoms with Crippen LogP contribution in [0.1, 0.15) is 23.1 Å². The minimum absolute atomic E-state index is 0.00864. The summed E-state index contributed by atoms with van der Waals surface area (Å²) < 4.78 is 50.0. The maximum Gasteiger partial charge on any atom is 0.256 e. The average molecular weight is 562 g/mol. The summed E-state index contributed by atoms with van der Waals surface area (Å²) in [4.78, 5) is 12.7. The smallest absolute Gasteiger partial charge is 0.256 e. The van der Waals surface area contributed by atoms with Crippen molar-refractivity contribution in [3.8, 4) is 11.4 Å². The number of nitrogen functional groups attached to an aromatic ring is 1. The van der Waals surface area contributed by atoms with Crippen molar-refractivity contribution in [3.63, 3.8) is 0 Å². The first-order valence-corrected chi connectivity index (χ1v) is 12.9. The molecule has 0 saturated carbocycles. The Labute approximate surface area is 235 Å². The van der Waals surface area contributed by atoms with E-state index < -0.39 is 28.7 Å². The van der Waals surface area contributed by atoms with E-state index in [0.29, 0.717) is 30.5 Å². The molecule has 4 rings (SSSR count). The average Bonchev–Trinajstić information content (AvgIpc) is 2.94. The molecule has 0 spiro atoms. The van der Waals surface area contributed by atoms with Crippen LogP contribution in [0.4, 0.5) is 19.0 Å². The van der Waals surface area contributed by atoms with Gasteiger partial charge >= 0.3 is 0 Å². The lowest BCUT2D eigenvalue weighted by molar-refractivity contribution is 0.293. The quantitative estimate of drug-likeness (QED) is 0.147. The van der Waals surface area contributed by atoms with E-state index in [4.69, 9.17) is 10.5 Å². The van der Waals surface area contributed by atoms with Gasteiger partial charge in [-0.15, -0.1) is 0 Å². The van der Waals surface area contributed by atoms with Gasteiger partial charge in [-0.05, 0) is 54.3 Å². The lowest BCUT2D eigenvalue weighted by atomic mass is 10.00. The molecule has 0 aliphatic carbocycles. The van der Waals surface area contributed by atoms with Crippen molar-refractivity contribution >= 4 is 11.4 Å². The molecular formula is C32H30F3N3O3. The SMILES string of the molecule is C=C(c1ccc(F)cc1)c1ccc(=O)n(-c2c(F)cc(OCCCN[C@@H](Cc3ccccc3)C(=C)O)cc2F)c1N. The fourth-order valence-corrected chi connectivity index (χ4v) is 4.38. The minimum atomic E-state index is -1.05. The van der Waals surface area contributed by atoms with Crippen LogP contribution in [0.15, 0.2) is 103 Å². The van der Waals surface area contributed by atoms with E-state index in [0.717, 1.165) is 28.3 Å². The molecule has 0 aliphatic heterocycles. The number of pyridine rings is 1. The summed E-state index contributed by atoms with van der Waals surface area (Å²) in [6.45, 7) is 8.16. The zero-order valence-corrected chi connectivity index (χ0v) is 22.2. The molecule has 41 heavy (non-hydrogen) atoms. The van der Waals surface area contributed by atoms with Crippen molar-refractivity contribution in [2.75, 3.05) is 18.9 Å². The van der Waals surface area contributed by atoms with Gasteiger partial charge in [0, 0.05) is 23.8 Å². The number of nitrogens with one attached hydrogen (secondary N) is 1. The Balaban J connectivity index is 1.44. The zero-order valence-electron chi connectivity index (χ0n) is 22.2. The molecule has 6 nitrogen and oxygen atoms in total. The van der Waals surface area contributed by atoms with Crippen LogP contribution < -0.4 is 21.3 Å². The van der Waals surface area contributed by atoms with Crippen LogP contribution in [0.3, 0.4) is 0 Å². The number of aromatic nitrogens is 1. The van der Waals surface area contributed by atoms with E-state index in [1.54, 1.807) is 0 Å². The lowest BCUT2D eigenvalue weighted by Gasteiger charge is -2.18. The van der Waals surface area contributed by atoms with Crippen molar-refractivity contribution in [1.82, 2.24) is 9.88 Å². The van der Waals surface area contributed by atoms with Gasteiger partial charge < -0.3 is 20.9 Å². The second-order valence-electron chi connectivity index (χ2n) is 9.42. The van der Waals surface area contributed by atoms with Gasteiger partial charge in [0.05, 0.1) is 12.6 Å². The van der Waals surface area contributed by atoms with E-state index in [-0.39, 0.29) is 35.5 Å². The van der Waals surface area contributed by atoms with Gasteiger partial charge in [-0.1, -0.05) is 55.6 Å². The second-order valence-corrected chi connectivity index (χ2v) is 9.42. The number of anilines is 1. The molecule has 0 bridgehead atoms. The van der Waals surface area contributed by atoms with Gasteiger partial charge in [0.25, 0.3) is 5.56 Å². The molecule has 1 heterocycles. The molecule has 0 radical (unpaired) electrons. The molecule has 4 N–H and O–H groups in total. The summed E-state index contributed by atoms with van der Waals surface area (Å²) in [6, 6.07) is 19.2. The number of hydrogen-bond acceptors (Lipinski definition) is 5. The Kier molecular flexibility index (Phi) is 9.31. The number of halogens is 3. The van der Waals surface area contributed by atoms with Gasteiger partial charge in [-0.3, -0.25) is 9.36 Å². The molecule has 9 heteroatoms. The third-order valence-corrected chi connectivity index (χ3v) is 6.53. The highest BCUT2D eigenvalue weighted by atomic mass is 19.1. The molecule has 0 aliphatic rings. The van der Waals surface area contributed by atoms with Crippen molar-refractivity contribution in [2.45, 2.75) is 18.9 Å². The Morgan fingerprint density at radius 3 is 2.27 bits per heavy atom. The molecule has 1 aromatic heterocycles. The maximum atomic E-state index is 15.2. The Bertz CT molecular complexity index is 1580. The van der Waals surface area contributed by atoms with E-state index in [9.17, 15) is 14.3 Å². The highest BCUT2D eigenvalue weighted by Crippen LogP contribution is 2.30. The number of hydrogen-bond donors (Lipinski definition) is 3. The van der Waals surface area contributed by atoms with Gasteiger partial charge in [0.1, 0.15) is 28.8 Å². The number of nitrogens with two attached hydrogens (primary N) is 1. The lowest BCUT2D eigenvalue weighted by Crippen LogP contribution is -2.34. The number of aliphatic hydroxyl groups is 1. The van der Waals surface area contributed by atoms with Gasteiger partial charge in [0.2, 0.25) is 0 Å². The van der Waals surface area contributed by atoms with Crippen LogP contribution in [0, 0.1) is 17.5 Å². The summed E-state index contributed by atoms with van der Waals surface area (Å²) in [7, 11) is 0. The monoisotopic (exact) mass is 561 g/mol. The summed E-state index contributed by atoms with van der Waals surface area (Å²) in [5.41, 5.74) is 6.98. The van der Waals surface area contributed by atoms with Crippen molar-refractivity contribution in [1.29, 1.82) is 0 Å². The van der Waals surface area contributed by atoms with E-state index in [2.05, 4.69) is 18.5 Å². The summed E-state index contributed by atoms with van der Waals surface area (Å²) in [5.74, 6) is -2.80. The van der Waals surface area contributed by atoms with Crippen LogP contribution in [-0.4, -0.2) is 28.9 Å². The fourth-order valence-electron chi connectivity index (χ4n) is 4.38. The maximum absolute atomic E-state index is 15.2. The van der Waals surface area contributed by atoms with Crippen LogP contribution >= 0.6 is 0 Å². The Morgan fingerprint density at radius 1 is 0.976 bits per heavy atom. The predicted molar refractivity (Wildman–Crippen MR) is 155 cm³/mol. The molecule has 212 valence electrons. The standard InChI is InChI=1S/C32H30F3N3O3/c1-20(23-9-11-24(33)12-10-23)26-13-14-30(40)38(32(26)36)31-27(34)18-25(19-28(31)35)41-16-6-15-37-29(21(2)39)17-22-7-4-3-5-8-22/h3-5,7-14,18-19,29,37,39H,1-2,6,15-17,36H2/t29-/m0/s1. The van der Waals surface area contributed by atoms with Crippen molar-refractivity contribution in [2.24, 2.45) is 0 Å². The Morgan fingerprint density at radius 2 is 1.63 bits per heavy atom. The largest absolute Gasteiger partial charge is 0.511 e. The highest BCUT2D eigenvalue weighted by Gasteiger charge is 2.20. The summed E-state index contributed by atoms with van der Waals surface area (Å²) in [5, 5.41) is 13.1. The first-order valence-electron chi connectivity index (χ1n) is 12.9. The van der Waals surface area contributed by atoms with Crippen molar-refractivity contribution in [3.05, 3.63) is 142 Å². The number of benzene rings is 3. The van der Waals surface area contributed by atoms with Gasteiger partial charge in [-0.25, -0.2) is 13.2 Å². The molecule has 4 aromatic rings. The molecule has 1 atom stereocenters. The number of rotatable bonds is 12. The van der Waals surface area contributed by atoms with E-state index >= 15 is 8.78 Å². The molecule has 0 unspecified atom stereocenters. The van der Waals surface area contributed by atoms with Crippen LogP contribution in [0.5, 0.6) is 5.75 Å². The van der Waals surface area contributed by atoms with Crippen LogP contribution in [-0.2, 0) is 6.42 Å². The van der Waals surface area contributed by atoms with Crippen molar-refractivity contribution < 1.29 is 23.0 Å². The third-order valence-electron chi connectivity index (χ3n) is 6.53. The topological polar surface area (TPSA) is 89.5 Å². The summed E-state index contributed by atoms with van der Waals surface area (Å²) in [6.07, 6.45) is 1.03. The number of nitrogens with zero attached hydrogens (tertiary/aromatic N) is 1. The number of aliphatic hydroxyl groups excluding tert-OH is 1. The van der Waals surface area contributed by atoms with Gasteiger partial charge in [-0.2, -0.15) is 0 Å². The molecule has 0 fully saturated rings. The molecule has 0 saturated heterocycles. The minimum Gasteiger partial charge on any atom is -0.511 e. The third kappa shape index (κ3) is 7.06.